The van der Waals surface area contributed by atoms with Crippen LogP contribution in [0.5, 0.6) is 0 Å². The first kappa shape index (κ1) is 10.5. The molecular formula is C11H14BrNS. The summed E-state index contributed by atoms with van der Waals surface area (Å²) in [5.41, 5.74) is 7.01. The van der Waals surface area contributed by atoms with Gasteiger partial charge in [0.25, 0.3) is 0 Å². The molecule has 1 unspecified atom stereocenters. The van der Waals surface area contributed by atoms with Gasteiger partial charge in [0, 0.05) is 14.6 Å². The van der Waals surface area contributed by atoms with E-state index in [0.29, 0.717) is 0 Å². The standard InChI is InChI=1S/C11H14BrNS/c12-10-4-1-5-11-9(10)7-8(14-11)3-2-6-13/h1,4-5,8H,2-3,6-7,13H2. The third-order valence-electron chi connectivity index (χ3n) is 2.53. The molecule has 0 amide bonds. The third kappa shape index (κ3) is 2.15. The number of hydrogen-bond donors (Lipinski definition) is 1. The van der Waals surface area contributed by atoms with Crippen molar-refractivity contribution in [1.82, 2.24) is 0 Å². The van der Waals surface area contributed by atoms with E-state index in [-0.39, 0.29) is 0 Å². The average Bonchev–Trinajstić information content (AvgIpc) is 2.59. The van der Waals surface area contributed by atoms with Crippen molar-refractivity contribution in [1.29, 1.82) is 0 Å². The van der Waals surface area contributed by atoms with E-state index in [1.165, 1.54) is 27.8 Å². The van der Waals surface area contributed by atoms with Gasteiger partial charge in [0.1, 0.15) is 0 Å². The van der Waals surface area contributed by atoms with Gasteiger partial charge in [-0.25, -0.2) is 0 Å². The van der Waals surface area contributed by atoms with Crippen LogP contribution in [0.3, 0.4) is 0 Å². The van der Waals surface area contributed by atoms with Crippen LogP contribution in [0.15, 0.2) is 27.6 Å². The van der Waals surface area contributed by atoms with Crippen molar-refractivity contribution in [3.63, 3.8) is 0 Å². The predicted molar refractivity (Wildman–Crippen MR) is 65.8 cm³/mol. The maximum atomic E-state index is 5.52. The van der Waals surface area contributed by atoms with E-state index in [1.807, 2.05) is 11.8 Å². The Labute approximate surface area is 97.6 Å². The second-order valence-electron chi connectivity index (χ2n) is 3.59. The molecule has 0 bridgehead atoms. The van der Waals surface area contributed by atoms with E-state index >= 15 is 0 Å². The van der Waals surface area contributed by atoms with E-state index in [2.05, 4.69) is 34.1 Å². The van der Waals surface area contributed by atoms with Crippen molar-refractivity contribution < 1.29 is 0 Å². The Morgan fingerprint density at radius 3 is 3.07 bits per heavy atom. The number of rotatable bonds is 3. The highest BCUT2D eigenvalue weighted by molar-refractivity contribution is 9.10. The molecule has 0 aromatic heterocycles. The fraction of sp³-hybridized carbons (Fsp3) is 0.455. The minimum absolute atomic E-state index is 0.743. The van der Waals surface area contributed by atoms with Crippen LogP contribution < -0.4 is 5.73 Å². The van der Waals surface area contributed by atoms with Crippen LogP contribution in [0.25, 0.3) is 0 Å². The average molecular weight is 272 g/mol. The fourth-order valence-electron chi connectivity index (χ4n) is 1.80. The van der Waals surface area contributed by atoms with E-state index in [9.17, 15) is 0 Å². The minimum atomic E-state index is 0.743. The Kier molecular flexibility index (Phi) is 3.52. The largest absolute Gasteiger partial charge is 0.330 e. The molecule has 0 fully saturated rings. The van der Waals surface area contributed by atoms with Gasteiger partial charge in [-0.15, -0.1) is 11.8 Å². The Balaban J connectivity index is 2.06. The number of nitrogens with two attached hydrogens (primary N) is 1. The Morgan fingerprint density at radius 1 is 1.50 bits per heavy atom. The first-order valence-corrected chi connectivity index (χ1v) is 6.62. The molecule has 1 aliphatic heterocycles. The number of fused-ring (bicyclic) bond motifs is 1. The number of thioether (sulfide) groups is 1. The van der Waals surface area contributed by atoms with E-state index in [0.717, 1.165) is 18.2 Å². The molecule has 1 aromatic carbocycles. The summed E-state index contributed by atoms with van der Waals surface area (Å²) in [6, 6.07) is 6.46. The molecule has 1 heterocycles. The lowest BCUT2D eigenvalue weighted by Crippen LogP contribution is -2.06. The molecule has 0 saturated heterocycles. The summed E-state index contributed by atoms with van der Waals surface area (Å²) >= 11 is 5.61. The minimum Gasteiger partial charge on any atom is -0.330 e. The van der Waals surface area contributed by atoms with Gasteiger partial charge in [0.15, 0.2) is 0 Å². The summed E-state index contributed by atoms with van der Waals surface area (Å²) < 4.78 is 1.26. The van der Waals surface area contributed by atoms with E-state index in [1.54, 1.807) is 0 Å². The lowest BCUT2D eigenvalue weighted by molar-refractivity contribution is 0.708. The predicted octanol–water partition coefficient (Wildman–Crippen LogP) is 3.20. The second-order valence-corrected chi connectivity index (χ2v) is 5.79. The molecule has 2 N–H and O–H groups in total. The van der Waals surface area contributed by atoms with Crippen molar-refractivity contribution in [2.75, 3.05) is 6.54 Å². The van der Waals surface area contributed by atoms with Gasteiger partial charge in [-0.2, -0.15) is 0 Å². The van der Waals surface area contributed by atoms with Gasteiger partial charge >= 0.3 is 0 Å². The first-order valence-electron chi connectivity index (χ1n) is 4.95. The summed E-state index contributed by atoms with van der Waals surface area (Å²) in [5.74, 6) is 0. The maximum Gasteiger partial charge on any atom is 0.0218 e. The van der Waals surface area contributed by atoms with Crippen LogP contribution in [0.4, 0.5) is 0 Å². The molecule has 0 saturated carbocycles. The number of benzene rings is 1. The molecule has 1 aromatic rings. The third-order valence-corrected chi connectivity index (χ3v) is 4.65. The lowest BCUT2D eigenvalue weighted by Gasteiger charge is -2.05. The molecule has 0 radical (unpaired) electrons. The summed E-state index contributed by atoms with van der Waals surface area (Å²) in [7, 11) is 0. The molecule has 14 heavy (non-hydrogen) atoms. The van der Waals surface area contributed by atoms with Crippen molar-refractivity contribution in [3.05, 3.63) is 28.2 Å². The highest BCUT2D eigenvalue weighted by atomic mass is 79.9. The Hall–Kier alpha value is 0.01000. The molecule has 0 spiro atoms. The van der Waals surface area contributed by atoms with Gasteiger partial charge < -0.3 is 5.73 Å². The van der Waals surface area contributed by atoms with E-state index in [4.69, 9.17) is 5.73 Å². The molecule has 1 atom stereocenters. The van der Waals surface area contributed by atoms with Gasteiger partial charge in [-0.1, -0.05) is 22.0 Å². The zero-order valence-electron chi connectivity index (χ0n) is 8.00. The SMILES string of the molecule is NCCCC1Cc2c(Br)cccc2S1. The van der Waals surface area contributed by atoms with Gasteiger partial charge in [0.05, 0.1) is 0 Å². The van der Waals surface area contributed by atoms with Gasteiger partial charge in [-0.3, -0.25) is 0 Å². The van der Waals surface area contributed by atoms with Crippen LogP contribution in [0.1, 0.15) is 18.4 Å². The zero-order chi connectivity index (χ0) is 9.97. The molecule has 76 valence electrons. The van der Waals surface area contributed by atoms with Crippen LogP contribution in [0, 0.1) is 0 Å². The molecule has 0 aliphatic carbocycles. The molecule has 3 heteroatoms. The number of halogens is 1. The molecule has 1 nitrogen and oxygen atoms in total. The topological polar surface area (TPSA) is 26.0 Å². The van der Waals surface area contributed by atoms with Crippen LogP contribution in [0.2, 0.25) is 0 Å². The molecular weight excluding hydrogens is 258 g/mol. The summed E-state index contributed by atoms with van der Waals surface area (Å²) in [5, 5.41) is 0.743. The first-order chi connectivity index (χ1) is 6.81. The van der Waals surface area contributed by atoms with Gasteiger partial charge in [0.2, 0.25) is 0 Å². The normalized spacial score (nSPS) is 19.7. The van der Waals surface area contributed by atoms with Crippen LogP contribution >= 0.6 is 27.7 Å². The smallest absolute Gasteiger partial charge is 0.0218 e. The number of hydrogen-bond acceptors (Lipinski definition) is 2. The summed E-state index contributed by atoms with van der Waals surface area (Å²) in [6.45, 7) is 0.814. The lowest BCUT2D eigenvalue weighted by atomic mass is 10.1. The zero-order valence-corrected chi connectivity index (χ0v) is 10.4. The van der Waals surface area contributed by atoms with Gasteiger partial charge in [-0.05, 0) is 43.5 Å². The molecule has 1 aliphatic rings. The van der Waals surface area contributed by atoms with E-state index < -0.39 is 0 Å². The second kappa shape index (κ2) is 4.69. The van der Waals surface area contributed by atoms with Crippen molar-refractivity contribution >= 4 is 27.7 Å². The van der Waals surface area contributed by atoms with Crippen molar-refractivity contribution in [2.45, 2.75) is 29.4 Å². The Morgan fingerprint density at radius 2 is 2.36 bits per heavy atom. The van der Waals surface area contributed by atoms with Crippen molar-refractivity contribution in [3.8, 4) is 0 Å². The molecule has 2 rings (SSSR count). The summed E-state index contributed by atoms with van der Waals surface area (Å²) in [4.78, 5) is 1.45. The fourth-order valence-corrected chi connectivity index (χ4v) is 3.85. The maximum absolute atomic E-state index is 5.52. The quantitative estimate of drug-likeness (QED) is 0.914. The van der Waals surface area contributed by atoms with Crippen LogP contribution in [-0.2, 0) is 6.42 Å². The Bertz CT molecular complexity index is 327. The highest BCUT2D eigenvalue weighted by Crippen LogP contribution is 2.41. The van der Waals surface area contributed by atoms with Crippen molar-refractivity contribution in [2.24, 2.45) is 5.73 Å². The monoisotopic (exact) mass is 271 g/mol. The van der Waals surface area contributed by atoms with Crippen LogP contribution in [-0.4, -0.2) is 11.8 Å². The highest BCUT2D eigenvalue weighted by Gasteiger charge is 2.22. The summed E-state index contributed by atoms with van der Waals surface area (Å²) in [6.07, 6.45) is 3.58.